The van der Waals surface area contributed by atoms with Crippen molar-refractivity contribution in [2.75, 3.05) is 7.11 Å². The Morgan fingerprint density at radius 2 is 2.10 bits per heavy atom. The summed E-state index contributed by atoms with van der Waals surface area (Å²) in [4.78, 5) is 26.5. The molecule has 0 N–H and O–H groups in total. The Labute approximate surface area is 121 Å². The van der Waals surface area contributed by atoms with Gasteiger partial charge in [0, 0.05) is 6.04 Å². The number of rotatable bonds is 4. The highest BCUT2D eigenvalue weighted by Gasteiger charge is 2.56. The molecule has 5 nitrogen and oxygen atoms in total. The smallest absolute Gasteiger partial charge is 0.331 e. The Kier molecular flexibility index (Phi) is 3.24. The first-order chi connectivity index (χ1) is 9.58. The quantitative estimate of drug-likeness (QED) is 0.802. The Balaban J connectivity index is 1.93. The molecule has 0 saturated heterocycles. The fourth-order valence-electron chi connectivity index (χ4n) is 2.84. The van der Waals surface area contributed by atoms with Crippen molar-refractivity contribution >= 4 is 23.5 Å². The molecule has 0 spiro atoms. The molecule has 3 rings (SSSR count). The monoisotopic (exact) mass is 297 g/mol. The van der Waals surface area contributed by atoms with Gasteiger partial charge in [0.25, 0.3) is 5.91 Å². The van der Waals surface area contributed by atoms with E-state index in [1.807, 2.05) is 0 Å². The third-order valence-corrected chi connectivity index (χ3v) is 4.33. The highest BCUT2D eigenvalue weighted by Crippen LogP contribution is 2.45. The van der Waals surface area contributed by atoms with Crippen molar-refractivity contribution in [3.8, 4) is 0 Å². The van der Waals surface area contributed by atoms with Gasteiger partial charge in [-0.3, -0.25) is 4.79 Å². The number of amides is 1. The van der Waals surface area contributed by atoms with Crippen molar-refractivity contribution < 1.29 is 18.7 Å². The standard InChI is InChI=1S/C14H16ClNO4/c1-19-13(18)14(7-2-8-14)16(9-3-4-9)12(17)10-5-6-11(15)20-10/h5-6,9H,2-4,7-8H2,1H3. The number of nitrogens with zero attached hydrogens (tertiary/aromatic N) is 1. The van der Waals surface area contributed by atoms with Crippen LogP contribution >= 0.6 is 11.6 Å². The zero-order chi connectivity index (χ0) is 14.3. The van der Waals surface area contributed by atoms with Gasteiger partial charge in [-0.15, -0.1) is 0 Å². The van der Waals surface area contributed by atoms with Crippen LogP contribution in [0.1, 0.15) is 42.7 Å². The maximum Gasteiger partial charge on any atom is 0.331 e. The Morgan fingerprint density at radius 3 is 2.50 bits per heavy atom. The molecular formula is C14H16ClNO4. The van der Waals surface area contributed by atoms with Crippen LogP contribution in [0.25, 0.3) is 0 Å². The molecule has 2 fully saturated rings. The lowest BCUT2D eigenvalue weighted by molar-refractivity contribution is -0.160. The fraction of sp³-hybridized carbons (Fsp3) is 0.571. The summed E-state index contributed by atoms with van der Waals surface area (Å²) < 4.78 is 10.1. The Morgan fingerprint density at radius 1 is 1.40 bits per heavy atom. The number of carbonyl (C=O) groups excluding carboxylic acids is 2. The number of ether oxygens (including phenoxy) is 1. The van der Waals surface area contributed by atoms with Gasteiger partial charge in [-0.1, -0.05) is 0 Å². The predicted molar refractivity (Wildman–Crippen MR) is 71.5 cm³/mol. The summed E-state index contributed by atoms with van der Waals surface area (Å²) in [7, 11) is 1.36. The van der Waals surface area contributed by atoms with Crippen LogP contribution in [-0.4, -0.2) is 35.5 Å². The van der Waals surface area contributed by atoms with Crippen LogP contribution in [0.3, 0.4) is 0 Å². The van der Waals surface area contributed by atoms with Gasteiger partial charge in [0.2, 0.25) is 0 Å². The molecule has 0 atom stereocenters. The molecule has 2 saturated carbocycles. The average molecular weight is 298 g/mol. The van der Waals surface area contributed by atoms with Crippen LogP contribution < -0.4 is 0 Å². The van der Waals surface area contributed by atoms with Crippen LogP contribution in [0.4, 0.5) is 0 Å². The molecule has 1 aromatic heterocycles. The van der Waals surface area contributed by atoms with E-state index in [1.165, 1.54) is 13.2 Å². The van der Waals surface area contributed by atoms with Gasteiger partial charge < -0.3 is 14.1 Å². The molecule has 108 valence electrons. The zero-order valence-electron chi connectivity index (χ0n) is 11.2. The van der Waals surface area contributed by atoms with E-state index < -0.39 is 5.54 Å². The summed E-state index contributed by atoms with van der Waals surface area (Å²) in [5, 5.41) is 0.171. The number of carbonyl (C=O) groups is 2. The van der Waals surface area contributed by atoms with Crippen molar-refractivity contribution in [2.24, 2.45) is 0 Å². The molecular weight excluding hydrogens is 282 g/mol. The highest BCUT2D eigenvalue weighted by atomic mass is 35.5. The first-order valence-electron chi connectivity index (χ1n) is 6.76. The maximum atomic E-state index is 12.7. The lowest BCUT2D eigenvalue weighted by Crippen LogP contribution is -2.62. The molecule has 0 radical (unpaired) electrons. The molecule has 1 aromatic rings. The minimum absolute atomic E-state index is 0.103. The van der Waals surface area contributed by atoms with Gasteiger partial charge in [-0.05, 0) is 55.8 Å². The second kappa shape index (κ2) is 4.81. The Bertz CT molecular complexity index is 545. The zero-order valence-corrected chi connectivity index (χ0v) is 12.0. The molecule has 2 aliphatic carbocycles. The lowest BCUT2D eigenvalue weighted by Gasteiger charge is -2.47. The van der Waals surface area contributed by atoms with E-state index in [-0.39, 0.29) is 28.9 Å². The number of hydrogen-bond donors (Lipinski definition) is 0. The minimum Gasteiger partial charge on any atom is -0.467 e. The second-order valence-corrected chi connectivity index (χ2v) is 5.76. The van der Waals surface area contributed by atoms with Gasteiger partial charge in [0.15, 0.2) is 11.0 Å². The number of furan rings is 1. The molecule has 20 heavy (non-hydrogen) atoms. The highest BCUT2D eigenvalue weighted by molar-refractivity contribution is 6.29. The predicted octanol–water partition coefficient (Wildman–Crippen LogP) is 2.63. The molecule has 1 heterocycles. The van der Waals surface area contributed by atoms with Crippen molar-refractivity contribution in [3.63, 3.8) is 0 Å². The third kappa shape index (κ3) is 2.00. The number of methoxy groups -OCH3 is 1. The summed E-state index contributed by atoms with van der Waals surface area (Å²) in [5.41, 5.74) is -0.813. The number of halogens is 1. The first kappa shape index (κ1) is 13.5. The molecule has 1 amide bonds. The fourth-order valence-corrected chi connectivity index (χ4v) is 2.98. The molecule has 2 aliphatic rings. The van der Waals surface area contributed by atoms with Gasteiger partial charge in [0.1, 0.15) is 5.54 Å². The lowest BCUT2D eigenvalue weighted by atomic mass is 9.74. The van der Waals surface area contributed by atoms with Gasteiger partial charge in [-0.25, -0.2) is 4.79 Å². The molecule has 0 bridgehead atoms. The summed E-state index contributed by atoms with van der Waals surface area (Å²) >= 11 is 5.73. The van der Waals surface area contributed by atoms with Crippen LogP contribution in [0.5, 0.6) is 0 Å². The summed E-state index contributed by atoms with van der Waals surface area (Å²) in [6.45, 7) is 0. The summed E-state index contributed by atoms with van der Waals surface area (Å²) in [5.74, 6) is -0.428. The van der Waals surface area contributed by atoms with Crippen LogP contribution in [0, 0.1) is 0 Å². The maximum absolute atomic E-state index is 12.7. The number of esters is 1. The van der Waals surface area contributed by atoms with E-state index in [1.54, 1.807) is 11.0 Å². The summed E-state index contributed by atoms with van der Waals surface area (Å²) in [6.07, 6.45) is 4.05. The van der Waals surface area contributed by atoms with Crippen LogP contribution in [-0.2, 0) is 9.53 Å². The molecule has 0 aromatic carbocycles. The van der Waals surface area contributed by atoms with Crippen molar-refractivity contribution in [1.82, 2.24) is 4.90 Å². The van der Waals surface area contributed by atoms with E-state index in [9.17, 15) is 9.59 Å². The molecule has 0 unspecified atom stereocenters. The topological polar surface area (TPSA) is 59.8 Å². The molecule has 0 aliphatic heterocycles. The minimum atomic E-state index is -0.813. The average Bonchev–Trinajstić information content (AvgIpc) is 3.13. The van der Waals surface area contributed by atoms with Gasteiger partial charge in [0.05, 0.1) is 7.11 Å². The normalized spacial score (nSPS) is 20.1. The van der Waals surface area contributed by atoms with Crippen LogP contribution in [0.2, 0.25) is 5.22 Å². The van der Waals surface area contributed by atoms with E-state index >= 15 is 0 Å². The van der Waals surface area contributed by atoms with E-state index in [2.05, 4.69) is 0 Å². The van der Waals surface area contributed by atoms with Crippen molar-refractivity contribution in [1.29, 1.82) is 0 Å². The van der Waals surface area contributed by atoms with Gasteiger partial charge >= 0.3 is 5.97 Å². The van der Waals surface area contributed by atoms with E-state index in [0.29, 0.717) is 12.8 Å². The number of hydrogen-bond acceptors (Lipinski definition) is 4. The SMILES string of the molecule is COC(=O)C1(N(C(=O)c2ccc(Cl)o2)C2CC2)CCC1. The third-order valence-electron chi connectivity index (χ3n) is 4.12. The second-order valence-electron chi connectivity index (χ2n) is 5.39. The van der Waals surface area contributed by atoms with Crippen LogP contribution in [0.15, 0.2) is 16.5 Å². The Hall–Kier alpha value is -1.49. The molecule has 6 heteroatoms. The van der Waals surface area contributed by atoms with Crippen molar-refractivity contribution in [2.45, 2.75) is 43.7 Å². The van der Waals surface area contributed by atoms with E-state index in [0.717, 1.165) is 19.3 Å². The largest absolute Gasteiger partial charge is 0.467 e. The van der Waals surface area contributed by atoms with Crippen molar-refractivity contribution in [3.05, 3.63) is 23.1 Å². The van der Waals surface area contributed by atoms with Gasteiger partial charge in [-0.2, -0.15) is 0 Å². The first-order valence-corrected chi connectivity index (χ1v) is 7.14. The van der Waals surface area contributed by atoms with E-state index in [4.69, 9.17) is 20.8 Å². The summed E-state index contributed by atoms with van der Waals surface area (Å²) in [6, 6.07) is 3.18.